The van der Waals surface area contributed by atoms with Crippen molar-refractivity contribution in [2.75, 3.05) is 13.7 Å². The highest BCUT2D eigenvalue weighted by molar-refractivity contribution is 5.95. The molecule has 0 aromatic heterocycles. The van der Waals surface area contributed by atoms with E-state index in [0.29, 0.717) is 23.7 Å². The smallest absolute Gasteiger partial charge is 0.264 e. The zero-order chi connectivity index (χ0) is 12.0. The molecule has 0 aliphatic heterocycles. The number of nitriles is 1. The minimum atomic E-state index is -0.469. The molecule has 84 valence electrons. The van der Waals surface area contributed by atoms with Crippen molar-refractivity contribution in [2.24, 2.45) is 0 Å². The van der Waals surface area contributed by atoms with Crippen molar-refractivity contribution in [3.8, 4) is 17.7 Å². The third-order valence-electron chi connectivity index (χ3n) is 1.90. The molecule has 5 heteroatoms. The number of nitrogens with one attached hydrogen (secondary N) is 1. The molecular weight excluding hydrogens is 208 g/mol. The summed E-state index contributed by atoms with van der Waals surface area (Å²) < 4.78 is 10.4. The fourth-order valence-electron chi connectivity index (χ4n) is 1.21. The average molecular weight is 220 g/mol. The monoisotopic (exact) mass is 220 g/mol. The number of rotatable bonds is 4. The first kappa shape index (κ1) is 11.9. The van der Waals surface area contributed by atoms with Crippen LogP contribution < -0.4 is 14.8 Å². The number of amides is 1. The van der Waals surface area contributed by atoms with Gasteiger partial charge in [0.05, 0.1) is 13.7 Å². The van der Waals surface area contributed by atoms with E-state index in [-0.39, 0.29) is 0 Å². The predicted octanol–water partition coefficient (Wildman–Crippen LogP) is 1.30. The number of hydrogen-bond donors (Lipinski definition) is 1. The van der Waals surface area contributed by atoms with Crippen molar-refractivity contribution in [1.82, 2.24) is 5.32 Å². The largest absolute Gasteiger partial charge is 0.493 e. The average Bonchev–Trinajstić information content (AvgIpc) is 2.30. The van der Waals surface area contributed by atoms with Gasteiger partial charge in [0, 0.05) is 5.56 Å². The van der Waals surface area contributed by atoms with Crippen LogP contribution in [0.3, 0.4) is 0 Å². The summed E-state index contributed by atoms with van der Waals surface area (Å²) in [4.78, 5) is 11.4. The maximum atomic E-state index is 11.4. The second-order valence-electron chi connectivity index (χ2n) is 2.86. The highest BCUT2D eigenvalue weighted by atomic mass is 16.5. The zero-order valence-corrected chi connectivity index (χ0v) is 9.11. The summed E-state index contributed by atoms with van der Waals surface area (Å²) in [5, 5.41) is 10.4. The lowest BCUT2D eigenvalue weighted by Crippen LogP contribution is -2.17. The number of carbonyl (C=O) groups excluding carboxylic acids is 1. The molecule has 5 nitrogen and oxygen atoms in total. The molecule has 1 aromatic carbocycles. The van der Waals surface area contributed by atoms with Gasteiger partial charge in [-0.1, -0.05) is 0 Å². The van der Waals surface area contributed by atoms with E-state index >= 15 is 0 Å². The predicted molar refractivity (Wildman–Crippen MR) is 57.2 cm³/mol. The summed E-state index contributed by atoms with van der Waals surface area (Å²) in [6.07, 6.45) is 1.57. The number of carbonyl (C=O) groups is 1. The van der Waals surface area contributed by atoms with Crippen LogP contribution in [0.4, 0.5) is 0 Å². The summed E-state index contributed by atoms with van der Waals surface area (Å²) in [6, 6.07) is 4.73. The van der Waals surface area contributed by atoms with Gasteiger partial charge in [0.15, 0.2) is 17.7 Å². The van der Waals surface area contributed by atoms with E-state index in [9.17, 15) is 4.79 Å². The molecule has 0 heterocycles. The first-order valence-corrected chi connectivity index (χ1v) is 4.73. The third-order valence-corrected chi connectivity index (χ3v) is 1.90. The van der Waals surface area contributed by atoms with Gasteiger partial charge in [-0.25, -0.2) is 0 Å². The van der Waals surface area contributed by atoms with Crippen molar-refractivity contribution in [3.63, 3.8) is 0 Å². The Balaban J connectivity index is 2.99. The number of ether oxygens (including phenoxy) is 2. The van der Waals surface area contributed by atoms with Crippen LogP contribution in [0.15, 0.2) is 18.2 Å². The van der Waals surface area contributed by atoms with Crippen LogP contribution in [-0.2, 0) is 0 Å². The summed E-state index contributed by atoms with van der Waals surface area (Å²) in [6.45, 7) is 2.37. The number of methoxy groups -OCH3 is 1. The van der Waals surface area contributed by atoms with E-state index < -0.39 is 5.91 Å². The molecule has 0 aliphatic carbocycles. The normalized spacial score (nSPS) is 9.06. The number of benzene rings is 1. The number of nitrogens with zero attached hydrogens (tertiary/aromatic N) is 1. The molecule has 1 N–H and O–H groups in total. The zero-order valence-electron chi connectivity index (χ0n) is 9.11. The lowest BCUT2D eigenvalue weighted by molar-refractivity contribution is 0.0972. The van der Waals surface area contributed by atoms with Crippen LogP contribution in [0.25, 0.3) is 0 Å². The second kappa shape index (κ2) is 5.61. The summed E-state index contributed by atoms with van der Waals surface area (Å²) in [5.41, 5.74) is 0.349. The molecule has 0 radical (unpaired) electrons. The molecule has 1 rings (SSSR count). The Labute approximate surface area is 93.6 Å². The molecule has 0 spiro atoms. The molecular formula is C11H12N2O3. The van der Waals surface area contributed by atoms with Gasteiger partial charge in [-0.15, -0.1) is 0 Å². The minimum Gasteiger partial charge on any atom is -0.493 e. The van der Waals surface area contributed by atoms with E-state index in [1.807, 2.05) is 12.2 Å². The Bertz CT molecular complexity index is 424. The Hall–Kier alpha value is -2.22. The highest BCUT2D eigenvalue weighted by Gasteiger charge is 2.10. The van der Waals surface area contributed by atoms with Crippen molar-refractivity contribution in [3.05, 3.63) is 23.8 Å². The Kier molecular flexibility index (Phi) is 4.16. The summed E-state index contributed by atoms with van der Waals surface area (Å²) in [7, 11) is 1.49. The lowest BCUT2D eigenvalue weighted by atomic mass is 10.2. The molecule has 0 aliphatic rings. The molecule has 0 fully saturated rings. The van der Waals surface area contributed by atoms with Crippen molar-refractivity contribution < 1.29 is 14.3 Å². The van der Waals surface area contributed by atoms with Gasteiger partial charge >= 0.3 is 0 Å². The Morgan fingerprint density at radius 2 is 2.25 bits per heavy atom. The first-order chi connectivity index (χ1) is 7.72. The van der Waals surface area contributed by atoms with E-state index in [0.717, 1.165) is 0 Å². The van der Waals surface area contributed by atoms with E-state index in [4.69, 9.17) is 14.7 Å². The van der Waals surface area contributed by atoms with Crippen LogP contribution in [0.5, 0.6) is 11.5 Å². The molecule has 1 amide bonds. The Morgan fingerprint density at radius 1 is 1.50 bits per heavy atom. The first-order valence-electron chi connectivity index (χ1n) is 4.73. The van der Waals surface area contributed by atoms with Crippen LogP contribution in [0, 0.1) is 11.5 Å². The molecule has 1 aromatic rings. The SMILES string of the molecule is CCOc1ccc(C(=O)NC#N)cc1OC. The quantitative estimate of drug-likeness (QED) is 0.613. The van der Waals surface area contributed by atoms with Gasteiger partial charge < -0.3 is 9.47 Å². The van der Waals surface area contributed by atoms with Crippen molar-refractivity contribution in [2.45, 2.75) is 6.92 Å². The fraction of sp³-hybridized carbons (Fsp3) is 0.273. The maximum Gasteiger partial charge on any atom is 0.264 e. The molecule has 0 atom stereocenters. The molecule has 0 unspecified atom stereocenters. The molecule has 0 bridgehead atoms. The highest BCUT2D eigenvalue weighted by Crippen LogP contribution is 2.27. The van der Waals surface area contributed by atoms with Gasteiger partial charge in [0.1, 0.15) is 0 Å². The standard InChI is InChI=1S/C11H12N2O3/c1-3-16-9-5-4-8(6-10(9)15-2)11(14)13-7-12/h4-6H,3H2,1-2H3,(H,13,14). The van der Waals surface area contributed by atoms with Gasteiger partial charge in [-0.2, -0.15) is 5.26 Å². The summed E-state index contributed by atoms with van der Waals surface area (Å²) >= 11 is 0. The van der Waals surface area contributed by atoms with Crippen LogP contribution >= 0.6 is 0 Å². The van der Waals surface area contributed by atoms with Crippen LogP contribution in [-0.4, -0.2) is 19.6 Å². The molecule has 0 saturated heterocycles. The van der Waals surface area contributed by atoms with Crippen molar-refractivity contribution in [1.29, 1.82) is 5.26 Å². The maximum absolute atomic E-state index is 11.4. The van der Waals surface area contributed by atoms with E-state index in [2.05, 4.69) is 0 Å². The third kappa shape index (κ3) is 2.64. The number of hydrogen-bond acceptors (Lipinski definition) is 4. The van der Waals surface area contributed by atoms with E-state index in [1.54, 1.807) is 18.3 Å². The fourth-order valence-corrected chi connectivity index (χ4v) is 1.21. The van der Waals surface area contributed by atoms with Gasteiger partial charge in [0.25, 0.3) is 5.91 Å². The van der Waals surface area contributed by atoms with E-state index in [1.165, 1.54) is 13.2 Å². The minimum absolute atomic E-state index is 0.349. The molecule has 0 saturated carbocycles. The van der Waals surface area contributed by atoms with Crippen molar-refractivity contribution >= 4 is 5.91 Å². The lowest BCUT2D eigenvalue weighted by Gasteiger charge is -2.09. The van der Waals surface area contributed by atoms with Gasteiger partial charge in [0.2, 0.25) is 0 Å². The van der Waals surface area contributed by atoms with Crippen LogP contribution in [0.2, 0.25) is 0 Å². The van der Waals surface area contributed by atoms with Crippen LogP contribution in [0.1, 0.15) is 17.3 Å². The van der Waals surface area contributed by atoms with Gasteiger partial charge in [-0.3, -0.25) is 10.1 Å². The summed E-state index contributed by atoms with van der Waals surface area (Å²) in [5.74, 6) is 0.565. The van der Waals surface area contributed by atoms with Gasteiger partial charge in [-0.05, 0) is 25.1 Å². The molecule has 16 heavy (non-hydrogen) atoms. The topological polar surface area (TPSA) is 71.3 Å². The Morgan fingerprint density at radius 3 is 2.81 bits per heavy atom. The second-order valence-corrected chi connectivity index (χ2v) is 2.86.